The number of nitrogens with one attached hydrogen (secondary N) is 2. The molecule has 1 aromatic rings. The lowest BCUT2D eigenvalue weighted by Crippen LogP contribution is -2.32. The molecule has 0 aliphatic carbocycles. The highest BCUT2D eigenvalue weighted by molar-refractivity contribution is 5.66. The van der Waals surface area contributed by atoms with Gasteiger partial charge in [0, 0.05) is 19.5 Å². The molecule has 0 aromatic heterocycles. The molecule has 0 aliphatic heterocycles. The summed E-state index contributed by atoms with van der Waals surface area (Å²) in [5.41, 5.74) is 8.30. The molecule has 0 fully saturated rings. The molecule has 17 heavy (non-hydrogen) atoms. The molecule has 0 unspecified atom stereocenters. The van der Waals surface area contributed by atoms with Crippen molar-refractivity contribution in [3.05, 3.63) is 42.0 Å². The molecule has 1 aromatic carbocycles. The van der Waals surface area contributed by atoms with E-state index in [4.69, 9.17) is 5.11 Å². The molecule has 4 heteroatoms. The molecular weight excluding hydrogens is 216 g/mol. The molecule has 0 saturated carbocycles. The third-order valence-electron chi connectivity index (χ3n) is 2.33. The molecule has 0 saturated heterocycles. The number of hydrazine groups is 1. The summed E-state index contributed by atoms with van der Waals surface area (Å²) < 4.78 is 0. The van der Waals surface area contributed by atoms with Crippen LogP contribution in [0.25, 0.3) is 6.08 Å². The molecule has 92 valence electrons. The Bertz CT molecular complexity index is 360. The van der Waals surface area contributed by atoms with Crippen LogP contribution in [0.2, 0.25) is 0 Å². The van der Waals surface area contributed by atoms with Crippen LogP contribution in [0.4, 0.5) is 0 Å². The quantitative estimate of drug-likeness (QED) is 0.474. The zero-order valence-electron chi connectivity index (χ0n) is 9.78. The number of carboxylic acids is 1. The molecule has 1 rings (SSSR count). The van der Waals surface area contributed by atoms with E-state index in [0.717, 1.165) is 5.56 Å². The number of carboxylic acid groups (broad SMARTS) is 1. The molecule has 4 nitrogen and oxygen atoms in total. The average Bonchev–Trinajstić information content (AvgIpc) is 2.34. The molecule has 0 atom stereocenters. The van der Waals surface area contributed by atoms with Crippen LogP contribution in [-0.4, -0.2) is 17.6 Å². The molecule has 0 amide bonds. The second kappa shape index (κ2) is 7.60. The third kappa shape index (κ3) is 5.85. The van der Waals surface area contributed by atoms with Crippen LogP contribution in [0.15, 0.2) is 30.8 Å². The van der Waals surface area contributed by atoms with E-state index in [0.29, 0.717) is 19.5 Å². The maximum Gasteiger partial charge on any atom is 0.303 e. The van der Waals surface area contributed by atoms with Gasteiger partial charge in [0.1, 0.15) is 0 Å². The van der Waals surface area contributed by atoms with Crippen molar-refractivity contribution >= 4 is 12.0 Å². The smallest absolute Gasteiger partial charge is 0.303 e. The predicted molar refractivity (Wildman–Crippen MR) is 68.2 cm³/mol. The molecule has 0 spiro atoms. The van der Waals surface area contributed by atoms with Crippen LogP contribution >= 0.6 is 0 Å². The fourth-order valence-electron chi connectivity index (χ4n) is 1.35. The Morgan fingerprint density at radius 1 is 1.29 bits per heavy atom. The van der Waals surface area contributed by atoms with E-state index >= 15 is 0 Å². The van der Waals surface area contributed by atoms with E-state index in [2.05, 4.69) is 17.4 Å². The molecule has 0 heterocycles. The van der Waals surface area contributed by atoms with Gasteiger partial charge < -0.3 is 5.11 Å². The highest BCUT2D eigenvalue weighted by Crippen LogP contribution is 2.04. The lowest BCUT2D eigenvalue weighted by molar-refractivity contribution is -0.137. The lowest BCUT2D eigenvalue weighted by atomic mass is 10.1. The molecule has 0 aliphatic rings. The highest BCUT2D eigenvalue weighted by Gasteiger charge is 1.95. The molecule has 0 radical (unpaired) electrons. The maximum atomic E-state index is 10.3. The van der Waals surface area contributed by atoms with Crippen LogP contribution in [0.1, 0.15) is 24.0 Å². The zero-order valence-corrected chi connectivity index (χ0v) is 9.78. The monoisotopic (exact) mass is 234 g/mol. The fourth-order valence-corrected chi connectivity index (χ4v) is 1.35. The Morgan fingerprint density at radius 3 is 2.59 bits per heavy atom. The van der Waals surface area contributed by atoms with Gasteiger partial charge in [0.15, 0.2) is 0 Å². The summed E-state index contributed by atoms with van der Waals surface area (Å²) in [7, 11) is 0. The van der Waals surface area contributed by atoms with Crippen LogP contribution in [0.3, 0.4) is 0 Å². The first kappa shape index (κ1) is 13.4. The third-order valence-corrected chi connectivity index (χ3v) is 2.33. The Labute approximate surface area is 101 Å². The topological polar surface area (TPSA) is 61.4 Å². The van der Waals surface area contributed by atoms with Gasteiger partial charge in [-0.05, 0) is 17.5 Å². The number of hydrogen-bond donors (Lipinski definition) is 3. The summed E-state index contributed by atoms with van der Waals surface area (Å²) in [5, 5.41) is 8.44. The minimum absolute atomic E-state index is 0.197. The minimum Gasteiger partial charge on any atom is -0.481 e. The van der Waals surface area contributed by atoms with E-state index in [9.17, 15) is 4.79 Å². The number of rotatable bonds is 8. The van der Waals surface area contributed by atoms with Gasteiger partial charge in [0.05, 0.1) is 0 Å². The standard InChI is InChI=1S/C13H18N2O2/c1-2-11-5-7-12(8-6-11)10-15-14-9-3-4-13(16)17/h2,5-8,14-15H,1,3-4,9-10H2,(H,16,17). The zero-order chi connectivity index (χ0) is 12.5. The maximum absolute atomic E-state index is 10.3. The van der Waals surface area contributed by atoms with Gasteiger partial charge in [0.25, 0.3) is 0 Å². The van der Waals surface area contributed by atoms with E-state index in [1.807, 2.05) is 24.3 Å². The van der Waals surface area contributed by atoms with Gasteiger partial charge in [-0.2, -0.15) is 0 Å². The van der Waals surface area contributed by atoms with E-state index in [1.165, 1.54) is 5.56 Å². The first-order valence-corrected chi connectivity index (χ1v) is 5.61. The van der Waals surface area contributed by atoms with Crippen molar-refractivity contribution in [2.24, 2.45) is 0 Å². The highest BCUT2D eigenvalue weighted by atomic mass is 16.4. The van der Waals surface area contributed by atoms with Crippen LogP contribution in [-0.2, 0) is 11.3 Å². The molecular formula is C13H18N2O2. The van der Waals surface area contributed by atoms with Gasteiger partial charge >= 0.3 is 5.97 Å². The van der Waals surface area contributed by atoms with E-state index < -0.39 is 5.97 Å². The summed E-state index contributed by atoms with van der Waals surface area (Å²) in [4.78, 5) is 10.3. The molecule has 3 N–H and O–H groups in total. The summed E-state index contributed by atoms with van der Waals surface area (Å²) in [6.45, 7) is 5.06. The lowest BCUT2D eigenvalue weighted by Gasteiger charge is -2.06. The van der Waals surface area contributed by atoms with Crippen molar-refractivity contribution in [2.75, 3.05) is 6.54 Å². The Kier molecular flexibility index (Phi) is 5.99. The minimum atomic E-state index is -0.758. The van der Waals surface area contributed by atoms with Crippen molar-refractivity contribution in [1.29, 1.82) is 0 Å². The van der Waals surface area contributed by atoms with Crippen molar-refractivity contribution < 1.29 is 9.90 Å². The number of benzene rings is 1. The van der Waals surface area contributed by atoms with Crippen LogP contribution in [0.5, 0.6) is 0 Å². The predicted octanol–water partition coefficient (Wildman–Crippen LogP) is 1.79. The first-order valence-electron chi connectivity index (χ1n) is 5.61. The summed E-state index contributed by atoms with van der Waals surface area (Å²) in [5.74, 6) is -0.758. The second-order valence-electron chi connectivity index (χ2n) is 3.72. The van der Waals surface area contributed by atoms with E-state index in [-0.39, 0.29) is 6.42 Å². The van der Waals surface area contributed by atoms with E-state index in [1.54, 1.807) is 6.08 Å². The van der Waals surface area contributed by atoms with Crippen LogP contribution in [0, 0.1) is 0 Å². The largest absolute Gasteiger partial charge is 0.481 e. The van der Waals surface area contributed by atoms with Crippen molar-refractivity contribution in [2.45, 2.75) is 19.4 Å². The van der Waals surface area contributed by atoms with Crippen molar-refractivity contribution in [3.63, 3.8) is 0 Å². The summed E-state index contributed by atoms with van der Waals surface area (Å²) in [6, 6.07) is 8.08. The normalized spacial score (nSPS) is 10.1. The van der Waals surface area contributed by atoms with Gasteiger partial charge in [-0.3, -0.25) is 15.6 Å². The Morgan fingerprint density at radius 2 is 2.00 bits per heavy atom. The SMILES string of the molecule is C=Cc1ccc(CNNCCCC(=O)O)cc1. The fraction of sp³-hybridized carbons (Fsp3) is 0.308. The second-order valence-corrected chi connectivity index (χ2v) is 3.72. The summed E-state index contributed by atoms with van der Waals surface area (Å²) >= 11 is 0. The van der Waals surface area contributed by atoms with Crippen molar-refractivity contribution in [1.82, 2.24) is 10.9 Å². The Hall–Kier alpha value is -1.65. The van der Waals surface area contributed by atoms with Crippen LogP contribution < -0.4 is 10.9 Å². The number of hydrogen-bond acceptors (Lipinski definition) is 3. The van der Waals surface area contributed by atoms with Gasteiger partial charge in [0.2, 0.25) is 0 Å². The van der Waals surface area contributed by atoms with Gasteiger partial charge in [-0.1, -0.05) is 36.9 Å². The average molecular weight is 234 g/mol. The van der Waals surface area contributed by atoms with Crippen molar-refractivity contribution in [3.8, 4) is 0 Å². The first-order chi connectivity index (χ1) is 8.22. The van der Waals surface area contributed by atoms with Gasteiger partial charge in [-0.25, -0.2) is 0 Å². The van der Waals surface area contributed by atoms with Gasteiger partial charge in [-0.15, -0.1) is 0 Å². The number of carbonyl (C=O) groups is 1. The Balaban J connectivity index is 2.13. The molecule has 0 bridgehead atoms. The number of aliphatic carboxylic acids is 1. The summed E-state index contributed by atoms with van der Waals surface area (Å²) in [6.07, 6.45) is 2.63.